The first-order valence-corrected chi connectivity index (χ1v) is 6.55. The maximum Gasteiger partial charge on any atom is 0.331 e. The van der Waals surface area contributed by atoms with E-state index < -0.39 is 5.54 Å². The van der Waals surface area contributed by atoms with Crippen LogP contribution in [0.15, 0.2) is 24.3 Å². The Balaban J connectivity index is 2.24. The Hall–Kier alpha value is -1.51. The largest absolute Gasteiger partial charge is 0.467 e. The molecule has 1 fully saturated rings. The van der Waals surface area contributed by atoms with Crippen LogP contribution in [0, 0.1) is 12.8 Å². The van der Waals surface area contributed by atoms with Gasteiger partial charge in [-0.2, -0.15) is 0 Å². The number of hydrogen-bond donors (Lipinski definition) is 1. The van der Waals surface area contributed by atoms with Gasteiger partial charge in [0.05, 0.1) is 7.11 Å². The summed E-state index contributed by atoms with van der Waals surface area (Å²) in [6, 6.07) is 8.13. The molecule has 2 rings (SSSR count). The summed E-state index contributed by atoms with van der Waals surface area (Å²) in [6.07, 6.45) is 2.95. The molecule has 1 N–H and O–H groups in total. The van der Waals surface area contributed by atoms with Gasteiger partial charge in [-0.05, 0) is 44.2 Å². The van der Waals surface area contributed by atoms with Crippen LogP contribution in [0.5, 0.6) is 0 Å². The van der Waals surface area contributed by atoms with Crippen LogP contribution in [0.25, 0.3) is 0 Å². The van der Waals surface area contributed by atoms with Crippen molar-refractivity contribution in [2.45, 2.75) is 38.6 Å². The third-order valence-electron chi connectivity index (χ3n) is 3.80. The minimum Gasteiger partial charge on any atom is -0.467 e. The molecule has 0 aromatic heterocycles. The zero-order chi connectivity index (χ0) is 13.2. The number of ether oxygens (including phenoxy) is 1. The summed E-state index contributed by atoms with van der Waals surface area (Å²) in [4.78, 5) is 12.1. The normalized spacial score (nSPS) is 17.9. The molecular weight excluding hydrogens is 226 g/mol. The van der Waals surface area contributed by atoms with E-state index in [1.54, 1.807) is 0 Å². The third-order valence-corrected chi connectivity index (χ3v) is 3.80. The van der Waals surface area contributed by atoms with E-state index in [-0.39, 0.29) is 5.97 Å². The SMILES string of the molecule is CCC(Nc1ccc(C)cc1)(C(=O)OC)C1CC1. The number of aryl methyl sites for hydroxylation is 1. The summed E-state index contributed by atoms with van der Waals surface area (Å²) in [5.41, 5.74) is 1.65. The number of nitrogens with one attached hydrogen (secondary N) is 1. The zero-order valence-corrected chi connectivity index (χ0v) is 11.3. The second kappa shape index (κ2) is 5.01. The lowest BCUT2D eigenvalue weighted by Crippen LogP contribution is -2.48. The highest BCUT2D eigenvalue weighted by molar-refractivity contribution is 5.85. The van der Waals surface area contributed by atoms with Crippen LogP contribution in [0.4, 0.5) is 5.69 Å². The zero-order valence-electron chi connectivity index (χ0n) is 11.3. The summed E-state index contributed by atoms with van der Waals surface area (Å²) in [5, 5.41) is 3.41. The quantitative estimate of drug-likeness (QED) is 0.812. The van der Waals surface area contributed by atoms with Gasteiger partial charge in [-0.15, -0.1) is 0 Å². The number of benzene rings is 1. The molecule has 3 heteroatoms. The molecule has 1 aliphatic carbocycles. The van der Waals surface area contributed by atoms with E-state index in [2.05, 4.69) is 12.2 Å². The van der Waals surface area contributed by atoms with Crippen molar-refractivity contribution < 1.29 is 9.53 Å². The standard InChI is InChI=1S/C15H21NO2/c1-4-15(12-7-8-12,14(17)18-3)16-13-9-5-11(2)6-10-13/h5-6,9-10,12,16H,4,7-8H2,1-3H3. The highest BCUT2D eigenvalue weighted by Crippen LogP contribution is 2.44. The summed E-state index contributed by atoms with van der Waals surface area (Å²) in [5.74, 6) is 0.254. The molecule has 1 unspecified atom stereocenters. The maximum atomic E-state index is 12.1. The maximum absolute atomic E-state index is 12.1. The van der Waals surface area contributed by atoms with Crippen molar-refractivity contribution >= 4 is 11.7 Å². The molecule has 1 saturated carbocycles. The number of rotatable bonds is 5. The first kappa shape index (κ1) is 12.9. The van der Waals surface area contributed by atoms with Gasteiger partial charge in [0, 0.05) is 5.69 Å². The summed E-state index contributed by atoms with van der Waals surface area (Å²) in [7, 11) is 1.46. The van der Waals surface area contributed by atoms with Gasteiger partial charge in [-0.1, -0.05) is 24.6 Å². The van der Waals surface area contributed by atoms with Crippen molar-refractivity contribution in [3.8, 4) is 0 Å². The molecule has 1 aromatic rings. The molecule has 0 amide bonds. The van der Waals surface area contributed by atoms with Crippen LogP contribution >= 0.6 is 0 Å². The molecule has 3 nitrogen and oxygen atoms in total. The first-order valence-electron chi connectivity index (χ1n) is 6.55. The van der Waals surface area contributed by atoms with Gasteiger partial charge in [-0.25, -0.2) is 4.79 Å². The fourth-order valence-corrected chi connectivity index (χ4v) is 2.49. The fraction of sp³-hybridized carbons (Fsp3) is 0.533. The second-order valence-electron chi connectivity index (χ2n) is 5.08. The Morgan fingerprint density at radius 1 is 1.39 bits per heavy atom. The highest BCUT2D eigenvalue weighted by Gasteiger charge is 2.50. The Labute approximate surface area is 109 Å². The van der Waals surface area contributed by atoms with E-state index in [1.165, 1.54) is 12.7 Å². The molecule has 0 spiro atoms. The molecule has 0 radical (unpaired) electrons. The first-order chi connectivity index (χ1) is 8.62. The van der Waals surface area contributed by atoms with E-state index >= 15 is 0 Å². The number of methoxy groups -OCH3 is 1. The van der Waals surface area contributed by atoms with Gasteiger partial charge in [0.25, 0.3) is 0 Å². The molecule has 0 bridgehead atoms. The van der Waals surface area contributed by atoms with Crippen molar-refractivity contribution in [2.75, 3.05) is 12.4 Å². The number of anilines is 1. The summed E-state index contributed by atoms with van der Waals surface area (Å²) < 4.78 is 5.00. The number of esters is 1. The van der Waals surface area contributed by atoms with Crippen LogP contribution in [0.3, 0.4) is 0 Å². The third kappa shape index (κ3) is 2.35. The van der Waals surface area contributed by atoms with Gasteiger partial charge in [0.1, 0.15) is 5.54 Å². The lowest BCUT2D eigenvalue weighted by molar-refractivity contribution is -0.147. The predicted molar refractivity (Wildman–Crippen MR) is 72.6 cm³/mol. The lowest BCUT2D eigenvalue weighted by atomic mass is 9.89. The van der Waals surface area contributed by atoms with Crippen LogP contribution in [0.2, 0.25) is 0 Å². The number of hydrogen-bond acceptors (Lipinski definition) is 3. The fourth-order valence-electron chi connectivity index (χ4n) is 2.49. The smallest absolute Gasteiger partial charge is 0.331 e. The molecule has 1 aromatic carbocycles. The van der Waals surface area contributed by atoms with Gasteiger partial charge in [0.2, 0.25) is 0 Å². The average Bonchev–Trinajstić information content (AvgIpc) is 3.22. The van der Waals surface area contributed by atoms with Crippen LogP contribution in [-0.4, -0.2) is 18.6 Å². The van der Waals surface area contributed by atoms with E-state index in [1.807, 2.05) is 31.2 Å². The van der Waals surface area contributed by atoms with Crippen molar-refractivity contribution in [3.63, 3.8) is 0 Å². The van der Waals surface area contributed by atoms with Gasteiger partial charge >= 0.3 is 5.97 Å². The summed E-state index contributed by atoms with van der Waals surface area (Å²) >= 11 is 0. The van der Waals surface area contributed by atoms with E-state index in [0.717, 1.165) is 24.9 Å². The Morgan fingerprint density at radius 3 is 2.44 bits per heavy atom. The average molecular weight is 247 g/mol. The van der Waals surface area contributed by atoms with Crippen LogP contribution in [-0.2, 0) is 9.53 Å². The second-order valence-corrected chi connectivity index (χ2v) is 5.08. The Kier molecular flexibility index (Phi) is 3.60. The number of carbonyl (C=O) groups is 1. The molecule has 98 valence electrons. The molecule has 0 heterocycles. The van der Waals surface area contributed by atoms with Gasteiger partial charge < -0.3 is 10.1 Å². The van der Waals surface area contributed by atoms with Crippen molar-refractivity contribution in [2.24, 2.45) is 5.92 Å². The Bertz CT molecular complexity index is 423. The van der Waals surface area contributed by atoms with Crippen LogP contribution in [0.1, 0.15) is 31.7 Å². The number of carbonyl (C=O) groups excluding carboxylic acids is 1. The molecule has 0 aliphatic heterocycles. The van der Waals surface area contributed by atoms with Gasteiger partial charge in [-0.3, -0.25) is 0 Å². The minimum absolute atomic E-state index is 0.145. The predicted octanol–water partition coefficient (Wildman–Crippen LogP) is 3.14. The Morgan fingerprint density at radius 2 is 2.00 bits per heavy atom. The van der Waals surface area contributed by atoms with Crippen molar-refractivity contribution in [1.82, 2.24) is 0 Å². The molecule has 1 aliphatic rings. The van der Waals surface area contributed by atoms with E-state index in [4.69, 9.17) is 4.74 Å². The molecule has 18 heavy (non-hydrogen) atoms. The lowest BCUT2D eigenvalue weighted by Gasteiger charge is -2.32. The van der Waals surface area contributed by atoms with Crippen molar-refractivity contribution in [3.05, 3.63) is 29.8 Å². The van der Waals surface area contributed by atoms with Gasteiger partial charge in [0.15, 0.2) is 0 Å². The van der Waals surface area contributed by atoms with Crippen molar-refractivity contribution in [1.29, 1.82) is 0 Å². The van der Waals surface area contributed by atoms with Crippen LogP contribution < -0.4 is 5.32 Å². The molecule has 1 atom stereocenters. The highest BCUT2D eigenvalue weighted by atomic mass is 16.5. The molecular formula is C15H21NO2. The monoisotopic (exact) mass is 247 g/mol. The van der Waals surface area contributed by atoms with E-state index in [0.29, 0.717) is 5.92 Å². The molecule has 0 saturated heterocycles. The minimum atomic E-state index is -0.552. The summed E-state index contributed by atoms with van der Waals surface area (Å²) in [6.45, 7) is 4.09. The topological polar surface area (TPSA) is 38.3 Å². The van der Waals surface area contributed by atoms with E-state index in [9.17, 15) is 4.79 Å².